The molecule has 4 aromatic carbocycles. The number of urea groups is 2. The molecule has 0 atom stereocenters. The van der Waals surface area contributed by atoms with E-state index in [1.165, 1.54) is 0 Å². The highest BCUT2D eigenvalue weighted by Crippen LogP contribution is 2.18. The minimum Gasteiger partial charge on any atom is -0.368 e. The van der Waals surface area contributed by atoms with Crippen molar-refractivity contribution >= 4 is 58.6 Å². The number of carbonyl (C=O) groups is 2. The fourth-order valence-electron chi connectivity index (χ4n) is 4.81. The Balaban J connectivity index is 0.978. The van der Waals surface area contributed by atoms with E-state index in [4.69, 9.17) is 0 Å². The number of anilines is 4. The summed E-state index contributed by atoms with van der Waals surface area (Å²) in [5.41, 5.74) is 6.60. The van der Waals surface area contributed by atoms with Crippen LogP contribution in [-0.2, 0) is 0 Å². The SMILES string of the molecule is O=C(Nc1ccc(/C=C/c2ccc(NC(=O)Nc3cccc(C4=NCCN4)c3)cc2)cc1)Nc1cccc(C2=NCCN2)c1. The Morgan fingerprint density at radius 2 is 0.955 bits per heavy atom. The van der Waals surface area contributed by atoms with Crippen molar-refractivity contribution in [3.63, 3.8) is 0 Å². The van der Waals surface area contributed by atoms with Crippen molar-refractivity contribution in [1.29, 1.82) is 0 Å². The van der Waals surface area contributed by atoms with Gasteiger partial charge in [0.25, 0.3) is 0 Å². The molecule has 0 bridgehead atoms. The maximum atomic E-state index is 12.5. The first-order chi connectivity index (χ1) is 21.6. The molecule has 0 saturated carbocycles. The zero-order chi connectivity index (χ0) is 30.1. The fraction of sp³-hybridized carbons (Fsp3) is 0.118. The molecule has 44 heavy (non-hydrogen) atoms. The Kier molecular flexibility index (Phi) is 8.59. The predicted molar refractivity (Wildman–Crippen MR) is 179 cm³/mol. The highest BCUT2D eigenvalue weighted by molar-refractivity contribution is 6.04. The molecule has 0 fully saturated rings. The molecule has 0 unspecified atom stereocenters. The summed E-state index contributed by atoms with van der Waals surface area (Å²) in [5, 5.41) is 18.0. The van der Waals surface area contributed by atoms with Crippen LogP contribution in [0.25, 0.3) is 12.2 Å². The number of nitrogens with zero attached hydrogens (tertiary/aromatic N) is 2. The summed E-state index contributed by atoms with van der Waals surface area (Å²) < 4.78 is 0. The van der Waals surface area contributed by atoms with E-state index in [2.05, 4.69) is 41.9 Å². The average Bonchev–Trinajstić information content (AvgIpc) is 3.78. The van der Waals surface area contributed by atoms with E-state index in [1.807, 2.05) is 109 Å². The topological polar surface area (TPSA) is 131 Å². The largest absolute Gasteiger partial charge is 0.368 e. The molecule has 0 saturated heterocycles. The summed E-state index contributed by atoms with van der Waals surface area (Å²) in [5.74, 6) is 1.69. The molecule has 0 aliphatic carbocycles. The van der Waals surface area contributed by atoms with Crippen molar-refractivity contribution in [2.24, 2.45) is 9.98 Å². The second-order valence-electron chi connectivity index (χ2n) is 10.2. The molecule has 6 N–H and O–H groups in total. The van der Waals surface area contributed by atoms with Gasteiger partial charge in [-0.15, -0.1) is 0 Å². The Labute approximate surface area is 255 Å². The number of amidine groups is 2. The first-order valence-corrected chi connectivity index (χ1v) is 14.4. The van der Waals surface area contributed by atoms with Gasteiger partial charge in [-0.1, -0.05) is 60.7 Å². The number of carbonyl (C=O) groups excluding carboxylic acids is 2. The molecule has 0 spiro atoms. The average molecular weight is 585 g/mol. The minimum atomic E-state index is -0.320. The third-order valence-corrected chi connectivity index (χ3v) is 6.94. The summed E-state index contributed by atoms with van der Waals surface area (Å²) in [6, 6.07) is 29.7. The van der Waals surface area contributed by atoms with Gasteiger partial charge in [-0.25, -0.2) is 9.59 Å². The number of rotatable bonds is 8. The van der Waals surface area contributed by atoms with Gasteiger partial charge in [0.15, 0.2) is 0 Å². The molecule has 10 heteroatoms. The van der Waals surface area contributed by atoms with Crippen LogP contribution in [0.3, 0.4) is 0 Å². The molecule has 2 heterocycles. The summed E-state index contributed by atoms with van der Waals surface area (Å²) in [6.07, 6.45) is 3.97. The zero-order valence-corrected chi connectivity index (χ0v) is 23.9. The Bertz CT molecular complexity index is 1620. The predicted octanol–water partition coefficient (Wildman–Crippen LogP) is 5.84. The highest BCUT2D eigenvalue weighted by Gasteiger charge is 2.11. The van der Waals surface area contributed by atoms with Crippen molar-refractivity contribution in [3.8, 4) is 0 Å². The fourth-order valence-corrected chi connectivity index (χ4v) is 4.81. The maximum absolute atomic E-state index is 12.5. The lowest BCUT2D eigenvalue weighted by molar-refractivity contribution is 0.261. The monoisotopic (exact) mass is 584 g/mol. The normalized spacial score (nSPS) is 13.8. The summed E-state index contributed by atoms with van der Waals surface area (Å²) in [7, 11) is 0. The summed E-state index contributed by atoms with van der Waals surface area (Å²) in [6.45, 7) is 3.17. The van der Waals surface area contributed by atoms with Gasteiger partial charge in [0.1, 0.15) is 11.7 Å². The molecule has 0 radical (unpaired) electrons. The zero-order valence-electron chi connectivity index (χ0n) is 23.9. The van der Waals surface area contributed by atoms with Gasteiger partial charge in [-0.05, 0) is 59.7 Å². The molecule has 2 aliphatic heterocycles. The van der Waals surface area contributed by atoms with E-state index in [1.54, 1.807) is 0 Å². The molecule has 10 nitrogen and oxygen atoms in total. The van der Waals surface area contributed by atoms with Gasteiger partial charge < -0.3 is 31.9 Å². The standard InChI is InChI=1S/C34H32N8O2/c43-33(41-29-5-1-3-25(21-29)31-35-17-18-36-31)39-27-13-9-23(10-14-27)7-8-24-11-15-28(16-12-24)40-34(44)42-30-6-2-4-26(22-30)32-37-19-20-38-32/h1-16,21-22H,17-20H2,(H,35,36)(H,37,38)(H2,39,41,43)(H2,40,42,44)/b8-7+. The molecule has 2 aliphatic rings. The van der Waals surface area contributed by atoms with Gasteiger partial charge in [0.05, 0.1) is 13.1 Å². The van der Waals surface area contributed by atoms with E-state index >= 15 is 0 Å². The minimum absolute atomic E-state index is 0.320. The first kappa shape index (κ1) is 28.2. The number of amides is 4. The van der Waals surface area contributed by atoms with Gasteiger partial charge >= 0.3 is 12.1 Å². The maximum Gasteiger partial charge on any atom is 0.323 e. The van der Waals surface area contributed by atoms with Crippen LogP contribution in [0.2, 0.25) is 0 Å². The molecule has 4 aromatic rings. The third-order valence-electron chi connectivity index (χ3n) is 6.94. The lowest BCUT2D eigenvalue weighted by Crippen LogP contribution is -2.21. The van der Waals surface area contributed by atoms with Crippen LogP contribution < -0.4 is 31.9 Å². The number of benzene rings is 4. The van der Waals surface area contributed by atoms with Crippen LogP contribution in [-0.4, -0.2) is 49.9 Å². The van der Waals surface area contributed by atoms with E-state index in [0.717, 1.165) is 60.1 Å². The van der Waals surface area contributed by atoms with E-state index in [0.29, 0.717) is 22.7 Å². The van der Waals surface area contributed by atoms with Gasteiger partial charge in [-0.2, -0.15) is 0 Å². The van der Waals surface area contributed by atoms with E-state index < -0.39 is 0 Å². The van der Waals surface area contributed by atoms with Crippen LogP contribution >= 0.6 is 0 Å². The van der Waals surface area contributed by atoms with Crippen molar-refractivity contribution in [1.82, 2.24) is 10.6 Å². The molecule has 0 aromatic heterocycles. The second kappa shape index (κ2) is 13.4. The quantitative estimate of drug-likeness (QED) is 0.145. The molecular weight excluding hydrogens is 552 g/mol. The van der Waals surface area contributed by atoms with E-state index in [9.17, 15) is 9.59 Å². The van der Waals surface area contributed by atoms with Crippen molar-refractivity contribution in [2.45, 2.75) is 0 Å². The molecule has 4 amide bonds. The lowest BCUT2D eigenvalue weighted by atomic mass is 10.1. The Morgan fingerprint density at radius 3 is 1.34 bits per heavy atom. The molecule has 220 valence electrons. The number of hydrogen-bond donors (Lipinski definition) is 6. The van der Waals surface area contributed by atoms with Crippen LogP contribution in [0.5, 0.6) is 0 Å². The van der Waals surface area contributed by atoms with E-state index in [-0.39, 0.29) is 12.1 Å². The molecule has 6 rings (SSSR count). The number of hydrogen-bond acceptors (Lipinski definition) is 6. The number of aliphatic imine (C=N–C) groups is 2. The van der Waals surface area contributed by atoms with Crippen LogP contribution in [0.4, 0.5) is 32.3 Å². The van der Waals surface area contributed by atoms with Crippen molar-refractivity contribution in [3.05, 3.63) is 119 Å². The highest BCUT2D eigenvalue weighted by atomic mass is 16.2. The van der Waals surface area contributed by atoms with Crippen molar-refractivity contribution in [2.75, 3.05) is 47.4 Å². The third kappa shape index (κ3) is 7.48. The van der Waals surface area contributed by atoms with Gasteiger partial charge in [-0.3, -0.25) is 9.98 Å². The Hall–Kier alpha value is -5.90. The summed E-state index contributed by atoms with van der Waals surface area (Å²) in [4.78, 5) is 33.9. The van der Waals surface area contributed by atoms with Crippen LogP contribution in [0, 0.1) is 0 Å². The lowest BCUT2D eigenvalue weighted by Gasteiger charge is -2.10. The Morgan fingerprint density at radius 1 is 0.545 bits per heavy atom. The van der Waals surface area contributed by atoms with Crippen LogP contribution in [0.1, 0.15) is 22.3 Å². The van der Waals surface area contributed by atoms with Gasteiger partial charge in [0, 0.05) is 47.0 Å². The van der Waals surface area contributed by atoms with Crippen molar-refractivity contribution < 1.29 is 9.59 Å². The number of nitrogens with one attached hydrogen (secondary N) is 6. The van der Waals surface area contributed by atoms with Crippen LogP contribution in [0.15, 0.2) is 107 Å². The molecular formula is C34H32N8O2. The van der Waals surface area contributed by atoms with Gasteiger partial charge in [0.2, 0.25) is 0 Å². The first-order valence-electron chi connectivity index (χ1n) is 14.4. The second-order valence-corrected chi connectivity index (χ2v) is 10.2. The smallest absolute Gasteiger partial charge is 0.323 e. The summed E-state index contributed by atoms with van der Waals surface area (Å²) >= 11 is 0.